The standard InChI is InChI=1S/C14H19NO3S/c1-11(16)12-6-5-7-13(10-12)15-19(17,18)14-8-3-2-4-9-14/h5-7,10,14-15H,2-4,8-9H2,1H3. The molecule has 1 aromatic rings. The fraction of sp³-hybridized carbons (Fsp3) is 0.500. The molecule has 5 heteroatoms. The number of Topliss-reactive ketones (excluding diaryl/α,β-unsaturated/α-hetero) is 1. The Bertz CT molecular complexity index is 560. The van der Waals surface area contributed by atoms with E-state index in [1.165, 1.54) is 6.92 Å². The largest absolute Gasteiger partial charge is 0.295 e. The smallest absolute Gasteiger partial charge is 0.235 e. The van der Waals surface area contributed by atoms with Crippen LogP contribution in [0.4, 0.5) is 5.69 Å². The van der Waals surface area contributed by atoms with Crippen LogP contribution in [0.15, 0.2) is 24.3 Å². The minimum atomic E-state index is -3.34. The highest BCUT2D eigenvalue weighted by Crippen LogP contribution is 2.25. The molecule has 19 heavy (non-hydrogen) atoms. The van der Waals surface area contributed by atoms with Crippen molar-refractivity contribution in [2.24, 2.45) is 0 Å². The Morgan fingerprint density at radius 1 is 1.21 bits per heavy atom. The van der Waals surface area contributed by atoms with Crippen molar-refractivity contribution in [2.75, 3.05) is 4.72 Å². The molecular formula is C14H19NO3S. The summed E-state index contributed by atoms with van der Waals surface area (Å²) in [6.45, 7) is 1.47. The Morgan fingerprint density at radius 3 is 2.53 bits per heavy atom. The van der Waals surface area contributed by atoms with Crippen LogP contribution >= 0.6 is 0 Å². The Kier molecular flexibility index (Phi) is 4.24. The van der Waals surface area contributed by atoms with Crippen molar-refractivity contribution < 1.29 is 13.2 Å². The van der Waals surface area contributed by atoms with E-state index in [1.807, 2.05) is 0 Å². The maximum Gasteiger partial charge on any atom is 0.235 e. The number of nitrogens with one attached hydrogen (secondary N) is 1. The second-order valence-electron chi connectivity index (χ2n) is 5.04. The third-order valence-electron chi connectivity index (χ3n) is 3.52. The molecule has 4 nitrogen and oxygen atoms in total. The number of benzene rings is 1. The number of carbonyl (C=O) groups is 1. The minimum absolute atomic E-state index is 0.0706. The van der Waals surface area contributed by atoms with Crippen LogP contribution in [-0.4, -0.2) is 19.5 Å². The first kappa shape index (κ1) is 14.1. The van der Waals surface area contributed by atoms with Gasteiger partial charge in [0.05, 0.1) is 5.25 Å². The van der Waals surface area contributed by atoms with E-state index in [2.05, 4.69) is 4.72 Å². The molecule has 0 atom stereocenters. The van der Waals surface area contributed by atoms with E-state index < -0.39 is 10.0 Å². The lowest BCUT2D eigenvalue weighted by atomic mass is 10.0. The molecule has 0 unspecified atom stereocenters. The third-order valence-corrected chi connectivity index (χ3v) is 5.39. The lowest BCUT2D eigenvalue weighted by molar-refractivity contribution is 0.101. The summed E-state index contributed by atoms with van der Waals surface area (Å²) in [5.74, 6) is -0.0706. The molecule has 2 rings (SSSR count). The van der Waals surface area contributed by atoms with Crippen molar-refractivity contribution >= 4 is 21.5 Å². The van der Waals surface area contributed by atoms with E-state index in [0.29, 0.717) is 11.3 Å². The summed E-state index contributed by atoms with van der Waals surface area (Å²) in [6.07, 6.45) is 4.51. The highest BCUT2D eigenvalue weighted by molar-refractivity contribution is 7.93. The molecule has 0 bridgehead atoms. The van der Waals surface area contributed by atoms with Crippen LogP contribution in [0.2, 0.25) is 0 Å². The molecule has 1 aromatic carbocycles. The van der Waals surface area contributed by atoms with Crippen molar-refractivity contribution in [1.82, 2.24) is 0 Å². The van der Waals surface area contributed by atoms with Crippen LogP contribution in [0.1, 0.15) is 49.4 Å². The van der Waals surface area contributed by atoms with Gasteiger partial charge in [0.15, 0.2) is 5.78 Å². The predicted molar refractivity (Wildman–Crippen MR) is 75.9 cm³/mol. The van der Waals surface area contributed by atoms with Gasteiger partial charge in [-0.05, 0) is 31.9 Å². The van der Waals surface area contributed by atoms with Crippen molar-refractivity contribution in [2.45, 2.75) is 44.3 Å². The van der Waals surface area contributed by atoms with Gasteiger partial charge in [0.2, 0.25) is 10.0 Å². The van der Waals surface area contributed by atoms with Gasteiger partial charge in [0, 0.05) is 11.3 Å². The number of hydrogen-bond acceptors (Lipinski definition) is 3. The summed E-state index contributed by atoms with van der Waals surface area (Å²) in [4.78, 5) is 11.3. The molecule has 1 saturated carbocycles. The molecule has 1 aliphatic carbocycles. The van der Waals surface area contributed by atoms with Crippen molar-refractivity contribution in [3.63, 3.8) is 0 Å². The van der Waals surface area contributed by atoms with Gasteiger partial charge in [-0.1, -0.05) is 31.4 Å². The van der Waals surface area contributed by atoms with E-state index in [4.69, 9.17) is 0 Å². The molecular weight excluding hydrogens is 262 g/mol. The number of ketones is 1. The molecule has 1 fully saturated rings. The van der Waals surface area contributed by atoms with Gasteiger partial charge in [0.25, 0.3) is 0 Å². The Balaban J connectivity index is 2.15. The fourth-order valence-electron chi connectivity index (χ4n) is 2.42. The summed E-state index contributed by atoms with van der Waals surface area (Å²) in [7, 11) is -3.34. The van der Waals surface area contributed by atoms with Gasteiger partial charge in [-0.15, -0.1) is 0 Å². The molecule has 0 spiro atoms. The van der Waals surface area contributed by atoms with Crippen LogP contribution in [0.3, 0.4) is 0 Å². The predicted octanol–water partition coefficient (Wildman–Crippen LogP) is 2.96. The lowest BCUT2D eigenvalue weighted by Crippen LogP contribution is -2.29. The quantitative estimate of drug-likeness (QED) is 0.863. The van der Waals surface area contributed by atoms with Gasteiger partial charge < -0.3 is 0 Å². The maximum atomic E-state index is 12.2. The number of rotatable bonds is 4. The van der Waals surface area contributed by atoms with E-state index >= 15 is 0 Å². The van der Waals surface area contributed by atoms with Crippen molar-refractivity contribution in [1.29, 1.82) is 0 Å². The summed E-state index contributed by atoms with van der Waals surface area (Å²) in [5.41, 5.74) is 0.988. The van der Waals surface area contributed by atoms with Gasteiger partial charge in [-0.25, -0.2) is 8.42 Å². The second kappa shape index (κ2) is 5.74. The number of anilines is 1. The van der Waals surface area contributed by atoms with Gasteiger partial charge >= 0.3 is 0 Å². The zero-order valence-corrected chi connectivity index (χ0v) is 11.9. The highest BCUT2D eigenvalue weighted by atomic mass is 32.2. The summed E-state index contributed by atoms with van der Waals surface area (Å²) in [6, 6.07) is 6.63. The normalized spacial score (nSPS) is 17.1. The molecule has 0 aromatic heterocycles. The zero-order chi connectivity index (χ0) is 13.9. The number of hydrogen-bond donors (Lipinski definition) is 1. The average Bonchev–Trinajstić information content (AvgIpc) is 2.39. The van der Waals surface area contributed by atoms with Gasteiger partial charge in [-0.3, -0.25) is 9.52 Å². The first-order valence-electron chi connectivity index (χ1n) is 6.62. The lowest BCUT2D eigenvalue weighted by Gasteiger charge is -2.22. The molecule has 0 saturated heterocycles. The topological polar surface area (TPSA) is 63.2 Å². The highest BCUT2D eigenvalue weighted by Gasteiger charge is 2.27. The van der Waals surface area contributed by atoms with Gasteiger partial charge in [0.1, 0.15) is 0 Å². The third kappa shape index (κ3) is 3.56. The molecule has 0 amide bonds. The molecule has 104 valence electrons. The summed E-state index contributed by atoms with van der Waals surface area (Å²) < 4.78 is 27.1. The van der Waals surface area contributed by atoms with E-state index in [-0.39, 0.29) is 11.0 Å². The molecule has 0 aliphatic heterocycles. The summed E-state index contributed by atoms with van der Waals surface area (Å²) in [5, 5.41) is -0.303. The Hall–Kier alpha value is -1.36. The van der Waals surface area contributed by atoms with Crippen LogP contribution in [0, 0.1) is 0 Å². The van der Waals surface area contributed by atoms with E-state index in [0.717, 1.165) is 32.1 Å². The molecule has 1 N–H and O–H groups in total. The maximum absolute atomic E-state index is 12.2. The molecule has 1 aliphatic rings. The number of sulfonamides is 1. The van der Waals surface area contributed by atoms with Crippen LogP contribution in [0.25, 0.3) is 0 Å². The molecule has 0 radical (unpaired) electrons. The second-order valence-corrected chi connectivity index (χ2v) is 7.00. The Labute approximate surface area is 114 Å². The average molecular weight is 281 g/mol. The SMILES string of the molecule is CC(=O)c1cccc(NS(=O)(=O)C2CCCCC2)c1. The van der Waals surface area contributed by atoms with Crippen molar-refractivity contribution in [3.8, 4) is 0 Å². The number of carbonyl (C=O) groups excluding carboxylic acids is 1. The molecule has 0 heterocycles. The summed E-state index contributed by atoms with van der Waals surface area (Å²) >= 11 is 0. The van der Waals surface area contributed by atoms with Crippen LogP contribution < -0.4 is 4.72 Å². The van der Waals surface area contributed by atoms with Crippen molar-refractivity contribution in [3.05, 3.63) is 29.8 Å². The zero-order valence-electron chi connectivity index (χ0n) is 11.1. The monoisotopic (exact) mass is 281 g/mol. The van der Waals surface area contributed by atoms with E-state index in [1.54, 1.807) is 24.3 Å². The fourth-order valence-corrected chi connectivity index (χ4v) is 4.00. The van der Waals surface area contributed by atoms with Crippen LogP contribution in [-0.2, 0) is 10.0 Å². The van der Waals surface area contributed by atoms with E-state index in [9.17, 15) is 13.2 Å². The van der Waals surface area contributed by atoms with Crippen LogP contribution in [0.5, 0.6) is 0 Å². The first-order chi connectivity index (χ1) is 8.99. The van der Waals surface area contributed by atoms with Gasteiger partial charge in [-0.2, -0.15) is 0 Å². The Morgan fingerprint density at radius 2 is 1.89 bits per heavy atom. The minimum Gasteiger partial charge on any atom is -0.295 e. The first-order valence-corrected chi connectivity index (χ1v) is 8.16.